The van der Waals surface area contributed by atoms with Crippen molar-refractivity contribution in [2.75, 3.05) is 20.1 Å². The van der Waals surface area contributed by atoms with Gasteiger partial charge in [0.05, 0.1) is 0 Å². The largest absolute Gasteiger partial charge is 0.306 e. The molecule has 0 aromatic heterocycles. The van der Waals surface area contributed by atoms with Gasteiger partial charge in [-0.05, 0) is 56.7 Å². The van der Waals surface area contributed by atoms with E-state index in [9.17, 15) is 0 Å². The molecular weight excluding hydrogens is 146 g/mol. The standard InChI is InChI=1S/C11H21N/c1-9(2)10-8-11(10)4-6-12(3)7-5-11/h9-10H,4-8H2,1-3H3. The summed E-state index contributed by atoms with van der Waals surface area (Å²) in [5.41, 5.74) is 0.806. The quantitative estimate of drug-likeness (QED) is 0.579. The Morgan fingerprint density at radius 2 is 1.83 bits per heavy atom. The fourth-order valence-electron chi connectivity index (χ4n) is 2.96. The molecule has 1 unspecified atom stereocenters. The van der Waals surface area contributed by atoms with E-state index in [1.807, 2.05) is 0 Å². The molecule has 2 aliphatic rings. The van der Waals surface area contributed by atoms with Gasteiger partial charge in [0, 0.05) is 0 Å². The Labute approximate surface area is 76.1 Å². The average Bonchev–Trinajstić information content (AvgIpc) is 2.72. The summed E-state index contributed by atoms with van der Waals surface area (Å²) in [6.07, 6.45) is 4.46. The van der Waals surface area contributed by atoms with Crippen LogP contribution in [0.4, 0.5) is 0 Å². The SMILES string of the molecule is CC(C)C1CC12CCN(C)CC2. The van der Waals surface area contributed by atoms with Crippen LogP contribution in [0.1, 0.15) is 33.1 Å². The van der Waals surface area contributed by atoms with Gasteiger partial charge in [-0.2, -0.15) is 0 Å². The van der Waals surface area contributed by atoms with Gasteiger partial charge in [-0.25, -0.2) is 0 Å². The molecule has 1 heterocycles. The molecule has 0 aromatic rings. The highest BCUT2D eigenvalue weighted by molar-refractivity contribution is 5.05. The van der Waals surface area contributed by atoms with Gasteiger partial charge < -0.3 is 4.90 Å². The molecule has 70 valence electrons. The van der Waals surface area contributed by atoms with Gasteiger partial charge in [-0.3, -0.25) is 0 Å². The topological polar surface area (TPSA) is 3.24 Å². The maximum Gasteiger partial charge on any atom is -0.00164 e. The highest BCUT2D eigenvalue weighted by Crippen LogP contribution is 2.62. The number of hydrogen-bond donors (Lipinski definition) is 0. The van der Waals surface area contributed by atoms with Crippen molar-refractivity contribution >= 4 is 0 Å². The van der Waals surface area contributed by atoms with Crippen LogP contribution in [0, 0.1) is 17.3 Å². The zero-order valence-corrected chi connectivity index (χ0v) is 8.64. The van der Waals surface area contributed by atoms with E-state index < -0.39 is 0 Å². The summed E-state index contributed by atoms with van der Waals surface area (Å²) < 4.78 is 0. The Balaban J connectivity index is 1.91. The van der Waals surface area contributed by atoms with Crippen LogP contribution in [0.3, 0.4) is 0 Å². The maximum atomic E-state index is 2.47. The van der Waals surface area contributed by atoms with E-state index >= 15 is 0 Å². The van der Waals surface area contributed by atoms with Crippen molar-refractivity contribution in [1.82, 2.24) is 4.90 Å². The first-order chi connectivity index (χ1) is 5.64. The van der Waals surface area contributed by atoms with Crippen molar-refractivity contribution in [3.05, 3.63) is 0 Å². The molecule has 0 radical (unpaired) electrons. The minimum absolute atomic E-state index is 0.806. The number of nitrogens with zero attached hydrogens (tertiary/aromatic N) is 1. The van der Waals surface area contributed by atoms with Crippen molar-refractivity contribution in [2.45, 2.75) is 33.1 Å². The summed E-state index contributed by atoms with van der Waals surface area (Å²) in [5.74, 6) is 1.99. The molecule has 12 heavy (non-hydrogen) atoms. The normalized spacial score (nSPS) is 34.5. The fourth-order valence-corrected chi connectivity index (χ4v) is 2.96. The second kappa shape index (κ2) is 2.73. The molecule has 0 N–H and O–H groups in total. The van der Waals surface area contributed by atoms with Crippen molar-refractivity contribution < 1.29 is 0 Å². The summed E-state index contributed by atoms with van der Waals surface area (Å²) in [7, 11) is 2.25. The number of rotatable bonds is 1. The molecule has 2 fully saturated rings. The van der Waals surface area contributed by atoms with Gasteiger partial charge in [0.1, 0.15) is 0 Å². The van der Waals surface area contributed by atoms with Crippen LogP contribution in [-0.2, 0) is 0 Å². The lowest BCUT2D eigenvalue weighted by Crippen LogP contribution is -2.32. The van der Waals surface area contributed by atoms with Crippen LogP contribution in [0.2, 0.25) is 0 Å². The number of piperidine rings is 1. The van der Waals surface area contributed by atoms with Crippen molar-refractivity contribution in [2.24, 2.45) is 17.3 Å². The molecular formula is C11H21N. The lowest BCUT2D eigenvalue weighted by molar-refractivity contribution is 0.184. The summed E-state index contributed by atoms with van der Waals surface area (Å²) in [5, 5.41) is 0. The molecule has 2 rings (SSSR count). The first kappa shape index (κ1) is 8.55. The second-order valence-corrected chi connectivity index (χ2v) is 5.22. The molecule has 1 saturated carbocycles. The highest BCUT2D eigenvalue weighted by Gasteiger charge is 2.55. The van der Waals surface area contributed by atoms with E-state index in [0.29, 0.717) is 0 Å². The Kier molecular flexibility index (Phi) is 1.95. The Morgan fingerprint density at radius 3 is 2.25 bits per heavy atom. The van der Waals surface area contributed by atoms with Crippen LogP contribution < -0.4 is 0 Å². The lowest BCUT2D eigenvalue weighted by atomic mass is 9.88. The third-order valence-corrected chi connectivity index (χ3v) is 4.04. The van der Waals surface area contributed by atoms with Crippen LogP contribution in [-0.4, -0.2) is 25.0 Å². The second-order valence-electron chi connectivity index (χ2n) is 5.22. The van der Waals surface area contributed by atoms with E-state index in [4.69, 9.17) is 0 Å². The van der Waals surface area contributed by atoms with E-state index in [1.54, 1.807) is 0 Å². The fraction of sp³-hybridized carbons (Fsp3) is 1.00. The Hall–Kier alpha value is -0.0400. The van der Waals surface area contributed by atoms with Gasteiger partial charge >= 0.3 is 0 Å². The smallest absolute Gasteiger partial charge is 0.00164 e. The molecule has 0 bridgehead atoms. The van der Waals surface area contributed by atoms with Gasteiger partial charge in [0.2, 0.25) is 0 Å². The highest BCUT2D eigenvalue weighted by atomic mass is 15.1. The van der Waals surface area contributed by atoms with Crippen LogP contribution >= 0.6 is 0 Å². The number of hydrogen-bond acceptors (Lipinski definition) is 1. The first-order valence-electron chi connectivity index (χ1n) is 5.33. The zero-order valence-electron chi connectivity index (χ0n) is 8.64. The lowest BCUT2D eigenvalue weighted by Gasteiger charge is -2.30. The average molecular weight is 167 g/mol. The molecule has 1 spiro atoms. The minimum Gasteiger partial charge on any atom is -0.306 e. The minimum atomic E-state index is 0.806. The predicted molar refractivity (Wildman–Crippen MR) is 52.1 cm³/mol. The Bertz CT molecular complexity index is 166. The van der Waals surface area contributed by atoms with Crippen LogP contribution in [0.15, 0.2) is 0 Å². The monoisotopic (exact) mass is 167 g/mol. The van der Waals surface area contributed by atoms with Crippen molar-refractivity contribution in [1.29, 1.82) is 0 Å². The molecule has 1 aliphatic carbocycles. The van der Waals surface area contributed by atoms with Crippen LogP contribution in [0.25, 0.3) is 0 Å². The Morgan fingerprint density at radius 1 is 1.25 bits per heavy atom. The maximum absolute atomic E-state index is 2.47. The van der Waals surface area contributed by atoms with Gasteiger partial charge in [0.15, 0.2) is 0 Å². The van der Waals surface area contributed by atoms with Gasteiger partial charge in [0.25, 0.3) is 0 Å². The van der Waals surface area contributed by atoms with E-state index in [-0.39, 0.29) is 0 Å². The zero-order chi connectivity index (χ0) is 8.77. The third-order valence-electron chi connectivity index (χ3n) is 4.04. The third kappa shape index (κ3) is 1.28. The molecule has 1 aliphatic heterocycles. The van der Waals surface area contributed by atoms with E-state index in [0.717, 1.165) is 17.3 Å². The van der Waals surface area contributed by atoms with E-state index in [2.05, 4.69) is 25.8 Å². The first-order valence-corrected chi connectivity index (χ1v) is 5.33. The van der Waals surface area contributed by atoms with Gasteiger partial charge in [-0.15, -0.1) is 0 Å². The van der Waals surface area contributed by atoms with Gasteiger partial charge in [-0.1, -0.05) is 13.8 Å². The van der Waals surface area contributed by atoms with E-state index in [1.165, 1.54) is 32.4 Å². The molecule has 1 saturated heterocycles. The summed E-state index contributed by atoms with van der Waals surface area (Å²) >= 11 is 0. The summed E-state index contributed by atoms with van der Waals surface area (Å²) in [4.78, 5) is 2.47. The molecule has 0 aromatic carbocycles. The van der Waals surface area contributed by atoms with Crippen molar-refractivity contribution in [3.8, 4) is 0 Å². The summed E-state index contributed by atoms with van der Waals surface area (Å²) in [6, 6.07) is 0. The molecule has 0 amide bonds. The predicted octanol–water partition coefficient (Wildman–Crippen LogP) is 2.37. The molecule has 1 nitrogen and oxygen atoms in total. The molecule has 1 heteroatoms. The van der Waals surface area contributed by atoms with Crippen molar-refractivity contribution in [3.63, 3.8) is 0 Å². The van der Waals surface area contributed by atoms with Crippen LogP contribution in [0.5, 0.6) is 0 Å². The summed E-state index contributed by atoms with van der Waals surface area (Å²) in [6.45, 7) is 7.45. The number of likely N-dealkylation sites (tertiary alicyclic amines) is 1. The molecule has 1 atom stereocenters.